The maximum Gasteiger partial charge on any atom is 0.251 e. The molecule has 1 aliphatic heterocycles. The minimum Gasteiger partial charge on any atom is -0.346 e. The zero-order valence-corrected chi connectivity index (χ0v) is 12.5. The van der Waals surface area contributed by atoms with Gasteiger partial charge in [-0.15, -0.1) is 0 Å². The molecule has 8 heteroatoms. The van der Waals surface area contributed by atoms with Gasteiger partial charge in [-0.3, -0.25) is 24.1 Å². The molecule has 1 saturated heterocycles. The van der Waals surface area contributed by atoms with E-state index >= 15 is 0 Å². The van der Waals surface area contributed by atoms with Crippen LogP contribution in [0.15, 0.2) is 0 Å². The van der Waals surface area contributed by atoms with Gasteiger partial charge >= 0.3 is 0 Å². The summed E-state index contributed by atoms with van der Waals surface area (Å²) in [5, 5.41) is 4.93. The topological polar surface area (TPSA) is 122 Å². The number of carbonyl (C=O) groups excluding carboxylic acids is 4. The van der Waals surface area contributed by atoms with Gasteiger partial charge in [0.15, 0.2) is 0 Å². The van der Waals surface area contributed by atoms with Crippen LogP contribution in [0.1, 0.15) is 26.7 Å². The largest absolute Gasteiger partial charge is 0.346 e. The average molecular weight is 298 g/mol. The van der Waals surface area contributed by atoms with Crippen LogP contribution in [0.4, 0.5) is 0 Å². The lowest BCUT2D eigenvalue weighted by molar-refractivity contribution is -0.149. The molecule has 4 amide bonds. The summed E-state index contributed by atoms with van der Waals surface area (Å²) < 4.78 is 0. The van der Waals surface area contributed by atoms with E-state index in [9.17, 15) is 19.2 Å². The van der Waals surface area contributed by atoms with Gasteiger partial charge < -0.3 is 16.4 Å². The van der Waals surface area contributed by atoms with Crippen molar-refractivity contribution in [2.45, 2.75) is 38.8 Å². The van der Waals surface area contributed by atoms with Crippen LogP contribution < -0.4 is 16.4 Å². The van der Waals surface area contributed by atoms with Crippen LogP contribution in [0, 0.1) is 5.92 Å². The molecule has 0 bridgehead atoms. The van der Waals surface area contributed by atoms with Gasteiger partial charge in [0.2, 0.25) is 17.7 Å². The molecule has 0 saturated carbocycles. The summed E-state index contributed by atoms with van der Waals surface area (Å²) in [5.74, 6) is -1.64. The smallest absolute Gasteiger partial charge is 0.251 e. The van der Waals surface area contributed by atoms with Crippen molar-refractivity contribution < 1.29 is 19.2 Å². The number of amides is 4. The summed E-state index contributed by atoms with van der Waals surface area (Å²) >= 11 is 0. The third-order valence-corrected chi connectivity index (χ3v) is 3.43. The molecule has 1 unspecified atom stereocenters. The molecule has 2 atom stereocenters. The summed E-state index contributed by atoms with van der Waals surface area (Å²) in [5.41, 5.74) is 5.64. The number of nitrogens with one attached hydrogen (secondary N) is 2. The summed E-state index contributed by atoms with van der Waals surface area (Å²) in [7, 11) is 1.38. The molecule has 8 nitrogen and oxygen atoms in total. The Balaban J connectivity index is 2.42. The molecule has 0 radical (unpaired) electrons. The van der Waals surface area contributed by atoms with Gasteiger partial charge in [-0.2, -0.15) is 0 Å². The standard InChI is InChI=1S/C13H22N4O4/c1-7(2)11(14)12(20)15-6-9(18)16-8-4-5-10(19)17(3)13(8)21/h7-8,11H,4-6,14H2,1-3H3,(H,15,20)(H,16,18)/t8?,11-/m0/s1. The highest BCUT2D eigenvalue weighted by atomic mass is 16.2. The number of carbonyl (C=O) groups is 4. The van der Waals surface area contributed by atoms with E-state index in [1.165, 1.54) is 7.05 Å². The average Bonchev–Trinajstić information content (AvgIpc) is 2.44. The highest BCUT2D eigenvalue weighted by molar-refractivity contribution is 6.01. The van der Waals surface area contributed by atoms with E-state index in [0.717, 1.165) is 4.90 Å². The van der Waals surface area contributed by atoms with Crippen molar-refractivity contribution in [3.63, 3.8) is 0 Å². The summed E-state index contributed by atoms with van der Waals surface area (Å²) in [6.07, 6.45) is 0.477. The van der Waals surface area contributed by atoms with Gasteiger partial charge in [0.05, 0.1) is 12.6 Å². The van der Waals surface area contributed by atoms with Crippen molar-refractivity contribution in [1.82, 2.24) is 15.5 Å². The molecule has 118 valence electrons. The van der Waals surface area contributed by atoms with Crippen LogP contribution in [-0.4, -0.2) is 54.2 Å². The normalized spacial score (nSPS) is 20.4. The Labute approximate surface area is 123 Å². The quantitative estimate of drug-likeness (QED) is 0.525. The second-order valence-corrected chi connectivity index (χ2v) is 5.44. The summed E-state index contributed by atoms with van der Waals surface area (Å²) in [6, 6.07) is -1.41. The van der Waals surface area contributed by atoms with E-state index in [4.69, 9.17) is 5.73 Å². The Morgan fingerprint density at radius 3 is 2.57 bits per heavy atom. The maximum absolute atomic E-state index is 11.8. The number of hydrogen-bond acceptors (Lipinski definition) is 5. The highest BCUT2D eigenvalue weighted by Gasteiger charge is 2.32. The molecule has 0 aromatic carbocycles. The molecular weight excluding hydrogens is 276 g/mol. The van der Waals surface area contributed by atoms with Gasteiger partial charge in [0.25, 0.3) is 5.91 Å². The molecule has 0 aromatic heterocycles. The Morgan fingerprint density at radius 1 is 1.38 bits per heavy atom. The molecule has 0 aromatic rings. The molecule has 0 aliphatic carbocycles. The third-order valence-electron chi connectivity index (χ3n) is 3.43. The van der Waals surface area contributed by atoms with Gasteiger partial charge in [-0.1, -0.05) is 13.8 Å². The fourth-order valence-corrected chi connectivity index (χ4v) is 1.88. The van der Waals surface area contributed by atoms with Crippen LogP contribution in [0.3, 0.4) is 0 Å². The van der Waals surface area contributed by atoms with Gasteiger partial charge in [-0.05, 0) is 12.3 Å². The number of hydrogen-bond donors (Lipinski definition) is 3. The van der Waals surface area contributed by atoms with E-state index in [0.29, 0.717) is 0 Å². The van der Waals surface area contributed by atoms with E-state index in [1.54, 1.807) is 13.8 Å². The molecule has 21 heavy (non-hydrogen) atoms. The van der Waals surface area contributed by atoms with Gasteiger partial charge in [0.1, 0.15) is 6.04 Å². The van der Waals surface area contributed by atoms with E-state index in [2.05, 4.69) is 10.6 Å². The van der Waals surface area contributed by atoms with Gasteiger partial charge in [-0.25, -0.2) is 0 Å². The predicted octanol–water partition coefficient (Wildman–Crippen LogP) is -1.65. The number of likely N-dealkylation sites (N-methyl/N-ethyl adjacent to an activating group) is 1. The lowest BCUT2D eigenvalue weighted by Gasteiger charge is -2.28. The molecule has 1 rings (SSSR count). The minimum atomic E-state index is -0.726. The number of piperidine rings is 1. The monoisotopic (exact) mass is 298 g/mol. The lowest BCUT2D eigenvalue weighted by Crippen LogP contribution is -2.55. The van der Waals surface area contributed by atoms with Crippen LogP contribution in [-0.2, 0) is 19.2 Å². The predicted molar refractivity (Wildman–Crippen MR) is 74.8 cm³/mol. The van der Waals surface area contributed by atoms with Crippen LogP contribution in [0.2, 0.25) is 0 Å². The van der Waals surface area contributed by atoms with Crippen molar-refractivity contribution in [3.05, 3.63) is 0 Å². The zero-order chi connectivity index (χ0) is 16.2. The lowest BCUT2D eigenvalue weighted by atomic mass is 10.0. The molecule has 1 heterocycles. The number of nitrogens with zero attached hydrogens (tertiary/aromatic N) is 1. The van der Waals surface area contributed by atoms with Crippen molar-refractivity contribution in [2.24, 2.45) is 11.7 Å². The summed E-state index contributed by atoms with van der Waals surface area (Å²) in [4.78, 5) is 47.4. The van der Waals surface area contributed by atoms with Crippen molar-refractivity contribution in [3.8, 4) is 0 Å². The fourth-order valence-electron chi connectivity index (χ4n) is 1.88. The number of imide groups is 1. The third kappa shape index (κ3) is 4.52. The molecular formula is C13H22N4O4. The second-order valence-electron chi connectivity index (χ2n) is 5.44. The van der Waals surface area contributed by atoms with Crippen molar-refractivity contribution in [1.29, 1.82) is 0 Å². The fraction of sp³-hybridized carbons (Fsp3) is 0.692. The van der Waals surface area contributed by atoms with E-state index in [-0.39, 0.29) is 31.2 Å². The van der Waals surface area contributed by atoms with Crippen LogP contribution >= 0.6 is 0 Å². The van der Waals surface area contributed by atoms with Crippen LogP contribution in [0.5, 0.6) is 0 Å². The maximum atomic E-state index is 11.8. The van der Waals surface area contributed by atoms with Crippen LogP contribution in [0.25, 0.3) is 0 Å². The molecule has 4 N–H and O–H groups in total. The van der Waals surface area contributed by atoms with Crippen molar-refractivity contribution in [2.75, 3.05) is 13.6 Å². The number of likely N-dealkylation sites (tertiary alicyclic amines) is 1. The minimum absolute atomic E-state index is 0.0346. The summed E-state index contributed by atoms with van der Waals surface area (Å²) in [6.45, 7) is 3.36. The Bertz CT molecular complexity index is 449. The van der Waals surface area contributed by atoms with Crippen molar-refractivity contribution >= 4 is 23.6 Å². The highest BCUT2D eigenvalue weighted by Crippen LogP contribution is 2.11. The first-order valence-corrected chi connectivity index (χ1v) is 6.87. The SMILES string of the molecule is CC(C)[C@H](N)C(=O)NCC(=O)NC1CCC(=O)N(C)C1=O. The zero-order valence-electron chi connectivity index (χ0n) is 12.5. The first-order valence-electron chi connectivity index (χ1n) is 6.87. The first-order chi connectivity index (χ1) is 9.73. The Hall–Kier alpha value is -1.96. The Morgan fingerprint density at radius 2 is 2.00 bits per heavy atom. The first kappa shape index (κ1) is 17.1. The number of rotatable bonds is 5. The van der Waals surface area contributed by atoms with Gasteiger partial charge in [0, 0.05) is 13.5 Å². The molecule has 0 spiro atoms. The Kier molecular flexibility index (Phi) is 5.83. The molecule has 1 aliphatic rings. The second kappa shape index (κ2) is 7.16. The van der Waals surface area contributed by atoms with E-state index < -0.39 is 29.8 Å². The number of nitrogens with two attached hydrogens (primary N) is 1. The van der Waals surface area contributed by atoms with E-state index in [1.807, 2.05) is 0 Å². The molecule has 1 fully saturated rings.